The molecule has 2 N–H and O–H groups in total. The summed E-state index contributed by atoms with van der Waals surface area (Å²) in [5, 5.41) is 0. The van der Waals surface area contributed by atoms with Crippen LogP contribution in [0.4, 0.5) is 0 Å². The van der Waals surface area contributed by atoms with E-state index in [1.807, 2.05) is 11.9 Å². The minimum Gasteiger partial charge on any atom is -0.343 e. The van der Waals surface area contributed by atoms with Crippen LogP contribution in [0, 0.1) is 11.8 Å². The van der Waals surface area contributed by atoms with Crippen LogP contribution in [0.15, 0.2) is 0 Å². The first-order valence-electron chi connectivity index (χ1n) is 5.89. The first-order chi connectivity index (χ1) is 6.93. The van der Waals surface area contributed by atoms with Crippen LogP contribution < -0.4 is 5.73 Å². The highest BCUT2D eigenvalue weighted by atomic mass is 16.2. The number of nitrogens with zero attached hydrogens (tertiary/aromatic N) is 1. The number of nitrogens with two attached hydrogens (primary N) is 1. The molecule has 0 fully saturated rings. The molecule has 0 aromatic carbocycles. The summed E-state index contributed by atoms with van der Waals surface area (Å²) in [5.74, 6) is 1.05. The van der Waals surface area contributed by atoms with Gasteiger partial charge in [-0.05, 0) is 25.3 Å². The van der Waals surface area contributed by atoms with Gasteiger partial charge in [0, 0.05) is 19.5 Å². The number of hydrogen-bond donors (Lipinski definition) is 1. The van der Waals surface area contributed by atoms with Crippen LogP contribution in [0.5, 0.6) is 0 Å². The van der Waals surface area contributed by atoms with E-state index in [0.29, 0.717) is 30.8 Å². The molecule has 0 aromatic rings. The van der Waals surface area contributed by atoms with Crippen molar-refractivity contribution in [3.63, 3.8) is 0 Å². The molecule has 0 spiro atoms. The maximum Gasteiger partial charge on any atom is 0.222 e. The fourth-order valence-electron chi connectivity index (χ4n) is 1.46. The molecule has 0 rings (SSSR count). The predicted molar refractivity (Wildman–Crippen MR) is 64.5 cm³/mol. The first-order valence-corrected chi connectivity index (χ1v) is 5.89. The minimum atomic E-state index is 0.216. The minimum absolute atomic E-state index is 0.216. The molecular formula is C12H26N2O. The molecule has 0 aliphatic carbocycles. The zero-order valence-electron chi connectivity index (χ0n) is 10.8. The fraction of sp³-hybridized carbons (Fsp3) is 0.917. The van der Waals surface area contributed by atoms with Crippen LogP contribution >= 0.6 is 0 Å². The topological polar surface area (TPSA) is 46.3 Å². The third-order valence-corrected chi connectivity index (χ3v) is 3.34. The zero-order chi connectivity index (χ0) is 12.0. The summed E-state index contributed by atoms with van der Waals surface area (Å²) in [5.41, 5.74) is 5.60. The predicted octanol–water partition coefficient (Wildman–Crippen LogP) is 1.86. The molecule has 0 saturated carbocycles. The molecule has 2 atom stereocenters. The van der Waals surface area contributed by atoms with Crippen molar-refractivity contribution in [2.75, 3.05) is 13.6 Å². The first kappa shape index (κ1) is 14.4. The van der Waals surface area contributed by atoms with Crippen molar-refractivity contribution in [2.24, 2.45) is 17.6 Å². The largest absolute Gasteiger partial charge is 0.343 e. The van der Waals surface area contributed by atoms with Gasteiger partial charge in [0.2, 0.25) is 5.91 Å². The Morgan fingerprint density at radius 1 is 1.33 bits per heavy atom. The zero-order valence-corrected chi connectivity index (χ0v) is 10.8. The SMILES string of the molecule is CCC(CN)CC(=O)N(C)C(C)C(C)C. The molecule has 0 aliphatic rings. The molecule has 3 nitrogen and oxygen atoms in total. The van der Waals surface area contributed by atoms with Gasteiger partial charge in [-0.15, -0.1) is 0 Å². The Hall–Kier alpha value is -0.570. The van der Waals surface area contributed by atoms with E-state index in [9.17, 15) is 4.79 Å². The molecule has 0 radical (unpaired) electrons. The molecule has 3 heteroatoms. The molecule has 0 aliphatic heterocycles. The Kier molecular flexibility index (Phi) is 6.57. The summed E-state index contributed by atoms with van der Waals surface area (Å²) in [4.78, 5) is 13.7. The van der Waals surface area contributed by atoms with Crippen LogP contribution in [0.1, 0.15) is 40.5 Å². The Morgan fingerprint density at radius 3 is 2.20 bits per heavy atom. The second-order valence-electron chi connectivity index (χ2n) is 4.70. The summed E-state index contributed by atoms with van der Waals surface area (Å²) < 4.78 is 0. The second-order valence-corrected chi connectivity index (χ2v) is 4.70. The van der Waals surface area contributed by atoms with Crippen molar-refractivity contribution in [2.45, 2.75) is 46.6 Å². The van der Waals surface area contributed by atoms with E-state index in [2.05, 4.69) is 27.7 Å². The lowest BCUT2D eigenvalue weighted by Crippen LogP contribution is -2.39. The maximum absolute atomic E-state index is 11.9. The van der Waals surface area contributed by atoms with E-state index in [1.54, 1.807) is 0 Å². The van der Waals surface area contributed by atoms with Crippen molar-refractivity contribution in [1.82, 2.24) is 4.90 Å². The van der Waals surface area contributed by atoms with Gasteiger partial charge in [-0.1, -0.05) is 27.2 Å². The van der Waals surface area contributed by atoms with E-state index in [-0.39, 0.29) is 5.91 Å². The second kappa shape index (κ2) is 6.83. The molecule has 2 unspecified atom stereocenters. The van der Waals surface area contributed by atoms with Gasteiger partial charge in [-0.25, -0.2) is 0 Å². The van der Waals surface area contributed by atoms with Crippen LogP contribution in [0.3, 0.4) is 0 Å². The van der Waals surface area contributed by atoms with Crippen LogP contribution in [0.25, 0.3) is 0 Å². The highest BCUT2D eigenvalue weighted by Gasteiger charge is 2.20. The summed E-state index contributed by atoms with van der Waals surface area (Å²) in [6, 6.07) is 0.299. The lowest BCUT2D eigenvalue weighted by atomic mass is 10.00. The molecule has 0 saturated heterocycles. The monoisotopic (exact) mass is 214 g/mol. The molecule has 0 bridgehead atoms. The van der Waals surface area contributed by atoms with Crippen LogP contribution in [-0.4, -0.2) is 30.4 Å². The molecule has 0 aromatic heterocycles. The van der Waals surface area contributed by atoms with Gasteiger partial charge in [0.15, 0.2) is 0 Å². The van der Waals surface area contributed by atoms with Gasteiger partial charge in [0.1, 0.15) is 0 Å². The van der Waals surface area contributed by atoms with Crippen molar-refractivity contribution < 1.29 is 4.79 Å². The van der Waals surface area contributed by atoms with Crippen molar-refractivity contribution in [3.05, 3.63) is 0 Å². The number of amides is 1. The number of carbonyl (C=O) groups excluding carboxylic acids is 1. The van der Waals surface area contributed by atoms with Gasteiger partial charge >= 0.3 is 0 Å². The Balaban J connectivity index is 4.20. The average Bonchev–Trinajstić information content (AvgIpc) is 2.23. The molecular weight excluding hydrogens is 188 g/mol. The summed E-state index contributed by atoms with van der Waals surface area (Å²) >= 11 is 0. The Morgan fingerprint density at radius 2 is 1.87 bits per heavy atom. The van der Waals surface area contributed by atoms with E-state index in [1.165, 1.54) is 0 Å². The van der Waals surface area contributed by atoms with E-state index in [4.69, 9.17) is 5.73 Å². The standard InChI is InChI=1S/C12H26N2O/c1-6-11(8-13)7-12(15)14(5)10(4)9(2)3/h9-11H,6-8,13H2,1-5H3. The van der Waals surface area contributed by atoms with Crippen LogP contribution in [0.2, 0.25) is 0 Å². The summed E-state index contributed by atoms with van der Waals surface area (Å²) in [6.45, 7) is 9.04. The molecule has 90 valence electrons. The lowest BCUT2D eigenvalue weighted by Gasteiger charge is -2.29. The van der Waals surface area contributed by atoms with Gasteiger partial charge < -0.3 is 10.6 Å². The van der Waals surface area contributed by atoms with Gasteiger partial charge in [-0.2, -0.15) is 0 Å². The Bertz CT molecular complexity index is 188. The third kappa shape index (κ3) is 4.65. The number of hydrogen-bond acceptors (Lipinski definition) is 2. The van der Waals surface area contributed by atoms with Gasteiger partial charge in [-0.3, -0.25) is 4.79 Å². The van der Waals surface area contributed by atoms with Crippen molar-refractivity contribution >= 4 is 5.91 Å². The van der Waals surface area contributed by atoms with Crippen molar-refractivity contribution in [1.29, 1.82) is 0 Å². The van der Waals surface area contributed by atoms with E-state index in [0.717, 1.165) is 6.42 Å². The lowest BCUT2D eigenvalue weighted by molar-refractivity contribution is -0.133. The highest BCUT2D eigenvalue weighted by molar-refractivity contribution is 5.76. The molecule has 1 amide bonds. The quantitative estimate of drug-likeness (QED) is 0.733. The third-order valence-electron chi connectivity index (χ3n) is 3.34. The summed E-state index contributed by atoms with van der Waals surface area (Å²) in [7, 11) is 1.89. The van der Waals surface area contributed by atoms with Crippen LogP contribution in [-0.2, 0) is 4.79 Å². The highest BCUT2D eigenvalue weighted by Crippen LogP contribution is 2.13. The average molecular weight is 214 g/mol. The van der Waals surface area contributed by atoms with E-state index >= 15 is 0 Å². The number of rotatable bonds is 6. The summed E-state index contributed by atoms with van der Waals surface area (Å²) in [6.07, 6.45) is 1.56. The fourth-order valence-corrected chi connectivity index (χ4v) is 1.46. The maximum atomic E-state index is 11.9. The smallest absolute Gasteiger partial charge is 0.222 e. The van der Waals surface area contributed by atoms with Gasteiger partial charge in [0.25, 0.3) is 0 Å². The van der Waals surface area contributed by atoms with Crippen molar-refractivity contribution in [3.8, 4) is 0 Å². The number of carbonyl (C=O) groups is 1. The normalized spacial score (nSPS) is 15.1. The Labute approximate surface area is 94.0 Å². The van der Waals surface area contributed by atoms with E-state index < -0.39 is 0 Å². The molecule has 0 heterocycles. The molecule has 15 heavy (non-hydrogen) atoms. The van der Waals surface area contributed by atoms with Gasteiger partial charge in [0.05, 0.1) is 0 Å².